The molecule has 10 rings (SSSR count). The highest BCUT2D eigenvalue weighted by molar-refractivity contribution is 9.11. The Morgan fingerprint density at radius 3 is 1.41 bits per heavy atom. The SMILES string of the molecule is CC(C)[Si](OCc1cc(Br)cc2ccccc12)(C(C)C)C(C)C.O=C(O)c1cc(Br)cc2ccccc12.O=C1OC(=O)c2cc(Br)cc3cccc1c23.O=C1OC(=O)c2cccc3cccc1c23. The van der Waals surface area contributed by atoms with Crippen molar-refractivity contribution in [3.63, 3.8) is 0 Å². The molecule has 0 amide bonds. The molecule has 346 valence electrons. The number of esters is 4. The number of carbonyl (C=O) groups is 5. The summed E-state index contributed by atoms with van der Waals surface area (Å²) in [4.78, 5) is 56.9. The molecule has 9 nitrogen and oxygen atoms in total. The second kappa shape index (κ2) is 21.2. The summed E-state index contributed by atoms with van der Waals surface area (Å²) in [7, 11) is -1.83. The van der Waals surface area contributed by atoms with Crippen LogP contribution in [-0.4, -0.2) is 43.3 Å². The van der Waals surface area contributed by atoms with Crippen LogP contribution in [0.1, 0.15) is 98.9 Å². The molecule has 0 unspecified atom stereocenters. The minimum atomic E-state index is -1.83. The summed E-state index contributed by atoms with van der Waals surface area (Å²) in [5.41, 5.74) is 5.25. The van der Waals surface area contributed by atoms with Gasteiger partial charge in [-0.1, -0.05) is 174 Å². The molecule has 0 saturated heterocycles. The van der Waals surface area contributed by atoms with Gasteiger partial charge in [-0.05, 0) is 109 Å². The maximum Gasteiger partial charge on any atom is 0.346 e. The smallest absolute Gasteiger partial charge is 0.346 e. The first-order valence-corrected chi connectivity index (χ1v) is 26.4. The number of carbonyl (C=O) groups excluding carboxylic acids is 4. The fourth-order valence-corrected chi connectivity index (χ4v) is 16.3. The largest absolute Gasteiger partial charge is 0.478 e. The number of hydrogen-bond acceptors (Lipinski definition) is 8. The third kappa shape index (κ3) is 10.4. The summed E-state index contributed by atoms with van der Waals surface area (Å²) in [6.45, 7) is 14.7. The van der Waals surface area contributed by atoms with Crippen LogP contribution in [0.2, 0.25) is 16.6 Å². The molecule has 8 aromatic carbocycles. The van der Waals surface area contributed by atoms with E-state index in [2.05, 4.69) is 135 Å². The van der Waals surface area contributed by atoms with Gasteiger partial charge in [0.2, 0.25) is 8.32 Å². The van der Waals surface area contributed by atoms with Crippen molar-refractivity contribution >= 4 is 129 Å². The van der Waals surface area contributed by atoms with E-state index in [1.54, 1.807) is 48.5 Å². The van der Waals surface area contributed by atoms with Crippen LogP contribution >= 0.6 is 47.8 Å². The van der Waals surface area contributed by atoms with E-state index in [1.807, 2.05) is 54.6 Å². The summed E-state index contributed by atoms with van der Waals surface area (Å²) in [5.74, 6) is -3.20. The van der Waals surface area contributed by atoms with Crippen molar-refractivity contribution in [1.82, 2.24) is 0 Å². The standard InChI is InChI=1S/C20H29BrOSi.C12H5BrO3.C12H6O3.C11H7BrO2/c1-14(2)23(15(3)4,16(5)6)22-13-18-12-19(21)11-17-9-7-8-10-20(17)18;13-7-4-6-2-1-3-8-10(6)9(5-7)12(15)16-11(8)14;13-11-8-5-1-3-7-4-2-6-9(10(7)8)12(14)15-11;12-8-5-7-3-1-2-4-9(7)10(6-8)11(13)14/h7-12,14-16H,13H2,1-6H3;1-5H;1-6H;1-6H,(H,13,14). The van der Waals surface area contributed by atoms with E-state index in [1.165, 1.54) is 16.3 Å². The van der Waals surface area contributed by atoms with Crippen LogP contribution in [0.4, 0.5) is 0 Å². The first-order chi connectivity index (χ1) is 32.4. The molecule has 0 bridgehead atoms. The second-order valence-corrected chi connectivity index (χ2v) is 25.5. The third-order valence-electron chi connectivity index (χ3n) is 12.3. The Kier molecular flexibility index (Phi) is 15.6. The van der Waals surface area contributed by atoms with Gasteiger partial charge in [-0.3, -0.25) is 0 Å². The van der Waals surface area contributed by atoms with Gasteiger partial charge in [0.25, 0.3) is 0 Å². The zero-order chi connectivity index (χ0) is 49.0. The Morgan fingerprint density at radius 1 is 0.500 bits per heavy atom. The molecule has 2 aliphatic heterocycles. The minimum Gasteiger partial charge on any atom is -0.478 e. The van der Waals surface area contributed by atoms with Gasteiger partial charge < -0.3 is 19.0 Å². The Labute approximate surface area is 420 Å². The van der Waals surface area contributed by atoms with Crippen LogP contribution in [0.25, 0.3) is 43.1 Å². The summed E-state index contributed by atoms with van der Waals surface area (Å²) >= 11 is 10.3. The van der Waals surface area contributed by atoms with Crippen molar-refractivity contribution in [2.45, 2.75) is 64.8 Å². The number of ether oxygens (including phenoxy) is 2. The van der Waals surface area contributed by atoms with Gasteiger partial charge in [-0.15, -0.1) is 0 Å². The van der Waals surface area contributed by atoms with Crippen LogP contribution < -0.4 is 0 Å². The van der Waals surface area contributed by atoms with E-state index in [0.717, 1.165) is 35.0 Å². The topological polar surface area (TPSA) is 133 Å². The van der Waals surface area contributed by atoms with E-state index in [0.29, 0.717) is 61.8 Å². The van der Waals surface area contributed by atoms with E-state index < -0.39 is 38.2 Å². The molecule has 1 N–H and O–H groups in total. The lowest BCUT2D eigenvalue weighted by atomic mass is 9.97. The number of rotatable bonds is 7. The first kappa shape index (κ1) is 50.1. The third-order valence-corrected chi connectivity index (χ3v) is 19.7. The summed E-state index contributed by atoms with van der Waals surface area (Å²) in [6, 6.07) is 43.4. The lowest BCUT2D eigenvalue weighted by Gasteiger charge is -2.42. The zero-order valence-corrected chi connectivity index (χ0v) is 43.8. The molecule has 8 aromatic rings. The van der Waals surface area contributed by atoms with E-state index in [9.17, 15) is 24.0 Å². The number of carboxylic acid groups (broad SMARTS) is 1. The van der Waals surface area contributed by atoms with Crippen LogP contribution in [0.5, 0.6) is 0 Å². The van der Waals surface area contributed by atoms with Crippen LogP contribution in [0.3, 0.4) is 0 Å². The Balaban J connectivity index is 0.000000137. The van der Waals surface area contributed by atoms with Crippen molar-refractivity contribution in [2.75, 3.05) is 0 Å². The zero-order valence-electron chi connectivity index (χ0n) is 38.1. The molecule has 68 heavy (non-hydrogen) atoms. The number of hydrogen-bond donors (Lipinski definition) is 1. The van der Waals surface area contributed by atoms with E-state index in [-0.39, 0.29) is 0 Å². The lowest BCUT2D eigenvalue weighted by molar-refractivity contribution is 0.0373. The van der Waals surface area contributed by atoms with E-state index in [4.69, 9.17) is 9.53 Å². The highest BCUT2D eigenvalue weighted by Gasteiger charge is 2.45. The molecule has 2 aliphatic rings. The van der Waals surface area contributed by atoms with Gasteiger partial charge in [0.1, 0.15) is 0 Å². The monoisotopic (exact) mass is 1120 g/mol. The maximum absolute atomic E-state index is 11.6. The number of aromatic carboxylic acids is 1. The average Bonchev–Trinajstić information content (AvgIpc) is 3.29. The molecule has 0 radical (unpaired) electrons. The van der Waals surface area contributed by atoms with Crippen LogP contribution in [-0.2, 0) is 20.5 Å². The summed E-state index contributed by atoms with van der Waals surface area (Å²) in [6.07, 6.45) is 0. The highest BCUT2D eigenvalue weighted by Crippen LogP contribution is 2.43. The molecule has 0 fully saturated rings. The van der Waals surface area contributed by atoms with Gasteiger partial charge in [0.05, 0.1) is 34.4 Å². The Bertz CT molecular complexity index is 3220. The lowest BCUT2D eigenvalue weighted by Crippen LogP contribution is -2.47. The Hall–Kier alpha value is -5.83. The van der Waals surface area contributed by atoms with Gasteiger partial charge in [-0.25, -0.2) is 24.0 Å². The van der Waals surface area contributed by atoms with Crippen molar-refractivity contribution in [2.24, 2.45) is 0 Å². The van der Waals surface area contributed by atoms with Crippen molar-refractivity contribution < 1.29 is 43.0 Å². The molecule has 13 heteroatoms. The first-order valence-electron chi connectivity index (χ1n) is 21.9. The molecular formula is C55H47Br3O9Si. The number of fused-ring (bicyclic) bond motifs is 2. The molecule has 0 atom stereocenters. The fraction of sp³-hybridized carbons (Fsp3) is 0.182. The maximum atomic E-state index is 11.6. The Morgan fingerprint density at radius 2 is 0.897 bits per heavy atom. The molecular weight excluding hydrogens is 1070 g/mol. The molecule has 0 saturated carbocycles. The number of carboxylic acids is 1. The molecule has 0 aromatic heterocycles. The van der Waals surface area contributed by atoms with Crippen molar-refractivity contribution in [3.05, 3.63) is 186 Å². The number of halogens is 3. The number of benzene rings is 8. The van der Waals surface area contributed by atoms with Gasteiger partial charge in [0.15, 0.2) is 0 Å². The molecule has 0 aliphatic carbocycles. The molecule has 0 spiro atoms. The predicted octanol–water partition coefficient (Wildman–Crippen LogP) is 15.7. The van der Waals surface area contributed by atoms with Crippen LogP contribution in [0.15, 0.2) is 153 Å². The quantitative estimate of drug-likeness (QED) is 0.0941. The van der Waals surface area contributed by atoms with Gasteiger partial charge in [-0.2, -0.15) is 0 Å². The molecule has 2 heterocycles. The van der Waals surface area contributed by atoms with E-state index >= 15 is 0 Å². The highest BCUT2D eigenvalue weighted by atomic mass is 79.9. The minimum absolute atomic E-state index is 0.329. The van der Waals surface area contributed by atoms with Gasteiger partial charge >= 0.3 is 29.8 Å². The van der Waals surface area contributed by atoms with Gasteiger partial charge in [0, 0.05) is 24.2 Å². The van der Waals surface area contributed by atoms with Crippen molar-refractivity contribution in [1.29, 1.82) is 0 Å². The van der Waals surface area contributed by atoms with Crippen LogP contribution in [0, 0.1) is 0 Å². The summed E-state index contributed by atoms with van der Waals surface area (Å²) in [5, 5.41) is 16.4. The average molecular weight is 1120 g/mol. The second-order valence-electron chi connectivity index (χ2n) is 17.3. The predicted molar refractivity (Wildman–Crippen MR) is 281 cm³/mol. The normalized spacial score (nSPS) is 12.9. The van der Waals surface area contributed by atoms with Crippen molar-refractivity contribution in [3.8, 4) is 0 Å². The fourth-order valence-electron chi connectivity index (χ4n) is 9.41. The number of cyclic esters (lactones) is 4. The summed E-state index contributed by atoms with van der Waals surface area (Å²) < 4.78 is 18.8.